The minimum absolute atomic E-state index is 0.123. The quantitative estimate of drug-likeness (QED) is 0.895. The van der Waals surface area contributed by atoms with E-state index in [1.54, 1.807) is 24.3 Å². The van der Waals surface area contributed by atoms with Crippen LogP contribution in [0.1, 0.15) is 24.2 Å². The third kappa shape index (κ3) is 4.10. The number of benzene rings is 2. The maximum atomic E-state index is 12.1. The second kappa shape index (κ2) is 6.57. The Morgan fingerprint density at radius 1 is 1.05 bits per heavy atom. The molecule has 0 saturated heterocycles. The molecule has 3 nitrogen and oxygen atoms in total. The van der Waals surface area contributed by atoms with Gasteiger partial charge in [0, 0.05) is 15.7 Å². The minimum atomic E-state index is -0.136. The molecule has 2 aromatic rings. The van der Waals surface area contributed by atoms with E-state index < -0.39 is 0 Å². The van der Waals surface area contributed by atoms with Crippen molar-refractivity contribution in [2.75, 3.05) is 5.32 Å². The summed E-state index contributed by atoms with van der Waals surface area (Å²) in [6.45, 7) is 3.93. The number of ether oxygens (including phenoxy) is 1. The van der Waals surface area contributed by atoms with E-state index in [0.29, 0.717) is 5.56 Å². The lowest BCUT2D eigenvalue weighted by Crippen LogP contribution is -2.12. The number of hydrogen-bond acceptors (Lipinski definition) is 2. The maximum absolute atomic E-state index is 12.1. The van der Waals surface area contributed by atoms with Crippen LogP contribution < -0.4 is 10.1 Å². The number of nitrogens with one attached hydrogen (secondary N) is 1. The van der Waals surface area contributed by atoms with Gasteiger partial charge in [-0.15, -0.1) is 0 Å². The lowest BCUT2D eigenvalue weighted by molar-refractivity contribution is 0.102. The summed E-state index contributed by atoms with van der Waals surface area (Å²) in [7, 11) is 0. The molecule has 4 heteroatoms. The topological polar surface area (TPSA) is 38.3 Å². The largest absolute Gasteiger partial charge is 0.491 e. The first kappa shape index (κ1) is 14.6. The third-order valence-corrected chi connectivity index (χ3v) is 3.12. The lowest BCUT2D eigenvalue weighted by atomic mass is 10.2. The molecule has 2 rings (SSSR count). The standard InChI is InChI=1S/C16H16BrNO2/c1-11(2)20-15-9-3-12(4-10-15)16(19)18-14-7-5-13(17)6-8-14/h3-11H,1-2H3,(H,18,19). The molecule has 0 aliphatic heterocycles. The van der Waals surface area contributed by atoms with E-state index >= 15 is 0 Å². The van der Waals surface area contributed by atoms with E-state index in [9.17, 15) is 4.79 Å². The zero-order valence-corrected chi connectivity index (χ0v) is 13.0. The van der Waals surface area contributed by atoms with E-state index in [1.807, 2.05) is 38.1 Å². The Hall–Kier alpha value is -1.81. The number of amides is 1. The van der Waals surface area contributed by atoms with Crippen LogP contribution >= 0.6 is 15.9 Å². The predicted octanol–water partition coefficient (Wildman–Crippen LogP) is 4.49. The third-order valence-electron chi connectivity index (χ3n) is 2.59. The van der Waals surface area contributed by atoms with Crippen LogP contribution in [0, 0.1) is 0 Å². The van der Waals surface area contributed by atoms with Crippen molar-refractivity contribution in [1.29, 1.82) is 0 Å². The number of carbonyl (C=O) groups excluding carboxylic acids is 1. The number of anilines is 1. The Labute approximate surface area is 127 Å². The summed E-state index contributed by atoms with van der Waals surface area (Å²) < 4.78 is 6.52. The molecule has 0 aromatic heterocycles. The average molecular weight is 334 g/mol. The van der Waals surface area contributed by atoms with Crippen molar-refractivity contribution in [1.82, 2.24) is 0 Å². The molecule has 0 unspecified atom stereocenters. The number of carbonyl (C=O) groups is 1. The molecule has 1 amide bonds. The van der Waals surface area contributed by atoms with Crippen LogP contribution in [-0.4, -0.2) is 12.0 Å². The van der Waals surface area contributed by atoms with Gasteiger partial charge in [-0.25, -0.2) is 0 Å². The fraction of sp³-hybridized carbons (Fsp3) is 0.188. The van der Waals surface area contributed by atoms with E-state index in [2.05, 4.69) is 21.2 Å². The summed E-state index contributed by atoms with van der Waals surface area (Å²) in [5.74, 6) is 0.628. The molecule has 0 radical (unpaired) electrons. The molecule has 104 valence electrons. The van der Waals surface area contributed by atoms with Gasteiger partial charge in [-0.05, 0) is 62.4 Å². The van der Waals surface area contributed by atoms with Crippen LogP contribution in [0.25, 0.3) is 0 Å². The normalized spacial score (nSPS) is 10.4. The first-order valence-electron chi connectivity index (χ1n) is 6.38. The lowest BCUT2D eigenvalue weighted by Gasteiger charge is -2.10. The Morgan fingerprint density at radius 2 is 1.65 bits per heavy atom. The average Bonchev–Trinajstić information content (AvgIpc) is 2.41. The van der Waals surface area contributed by atoms with E-state index in [-0.39, 0.29) is 12.0 Å². The highest BCUT2D eigenvalue weighted by Gasteiger charge is 2.06. The fourth-order valence-corrected chi connectivity index (χ4v) is 1.96. The van der Waals surface area contributed by atoms with E-state index in [0.717, 1.165) is 15.9 Å². The molecular weight excluding hydrogens is 318 g/mol. The molecule has 0 aliphatic rings. The van der Waals surface area contributed by atoms with Crippen LogP contribution in [0.5, 0.6) is 5.75 Å². The number of hydrogen-bond donors (Lipinski definition) is 1. The number of rotatable bonds is 4. The van der Waals surface area contributed by atoms with Crippen molar-refractivity contribution in [2.24, 2.45) is 0 Å². The van der Waals surface area contributed by atoms with E-state index in [1.165, 1.54) is 0 Å². The van der Waals surface area contributed by atoms with Crippen molar-refractivity contribution in [3.63, 3.8) is 0 Å². The van der Waals surface area contributed by atoms with Gasteiger partial charge in [-0.1, -0.05) is 15.9 Å². The Balaban J connectivity index is 2.03. The van der Waals surface area contributed by atoms with Gasteiger partial charge in [0.25, 0.3) is 5.91 Å². The van der Waals surface area contributed by atoms with Gasteiger partial charge < -0.3 is 10.1 Å². The van der Waals surface area contributed by atoms with Gasteiger partial charge in [0.05, 0.1) is 6.10 Å². The molecular formula is C16H16BrNO2. The first-order chi connectivity index (χ1) is 9.54. The molecule has 0 aliphatic carbocycles. The monoisotopic (exact) mass is 333 g/mol. The Kier molecular flexibility index (Phi) is 4.79. The van der Waals surface area contributed by atoms with E-state index in [4.69, 9.17) is 4.74 Å². The van der Waals surface area contributed by atoms with Crippen molar-refractivity contribution in [3.05, 3.63) is 58.6 Å². The van der Waals surface area contributed by atoms with Crippen LogP contribution in [0.15, 0.2) is 53.0 Å². The smallest absolute Gasteiger partial charge is 0.255 e. The van der Waals surface area contributed by atoms with Gasteiger partial charge >= 0.3 is 0 Å². The highest BCUT2D eigenvalue weighted by Crippen LogP contribution is 2.17. The van der Waals surface area contributed by atoms with Gasteiger partial charge in [0.15, 0.2) is 0 Å². The van der Waals surface area contributed by atoms with Crippen molar-refractivity contribution >= 4 is 27.5 Å². The van der Waals surface area contributed by atoms with Crippen LogP contribution in [0.4, 0.5) is 5.69 Å². The first-order valence-corrected chi connectivity index (χ1v) is 7.17. The van der Waals surface area contributed by atoms with Crippen LogP contribution in [-0.2, 0) is 0 Å². The molecule has 0 saturated carbocycles. The zero-order chi connectivity index (χ0) is 14.5. The molecule has 0 atom stereocenters. The molecule has 0 spiro atoms. The van der Waals surface area contributed by atoms with Gasteiger partial charge in [0.1, 0.15) is 5.75 Å². The van der Waals surface area contributed by atoms with Crippen molar-refractivity contribution in [3.8, 4) is 5.75 Å². The second-order valence-electron chi connectivity index (χ2n) is 4.65. The maximum Gasteiger partial charge on any atom is 0.255 e. The second-order valence-corrected chi connectivity index (χ2v) is 5.57. The molecule has 0 fully saturated rings. The van der Waals surface area contributed by atoms with Crippen molar-refractivity contribution < 1.29 is 9.53 Å². The van der Waals surface area contributed by atoms with Gasteiger partial charge in [-0.3, -0.25) is 4.79 Å². The fourth-order valence-electron chi connectivity index (χ4n) is 1.69. The summed E-state index contributed by atoms with van der Waals surface area (Å²) in [4.78, 5) is 12.1. The molecule has 1 N–H and O–H groups in total. The highest BCUT2D eigenvalue weighted by molar-refractivity contribution is 9.10. The van der Waals surface area contributed by atoms with Crippen molar-refractivity contribution in [2.45, 2.75) is 20.0 Å². The summed E-state index contributed by atoms with van der Waals surface area (Å²) in [6.07, 6.45) is 0.123. The molecule has 0 bridgehead atoms. The zero-order valence-electron chi connectivity index (χ0n) is 11.4. The highest BCUT2D eigenvalue weighted by atomic mass is 79.9. The van der Waals surface area contributed by atoms with Gasteiger partial charge in [-0.2, -0.15) is 0 Å². The Bertz CT molecular complexity index is 576. The summed E-state index contributed by atoms with van der Waals surface area (Å²) in [6, 6.07) is 14.6. The predicted molar refractivity (Wildman–Crippen MR) is 84.3 cm³/mol. The number of halogens is 1. The SMILES string of the molecule is CC(C)Oc1ccc(C(=O)Nc2ccc(Br)cc2)cc1. The molecule has 20 heavy (non-hydrogen) atoms. The summed E-state index contributed by atoms with van der Waals surface area (Å²) >= 11 is 3.36. The molecule has 2 aromatic carbocycles. The van der Waals surface area contributed by atoms with Gasteiger partial charge in [0.2, 0.25) is 0 Å². The summed E-state index contributed by atoms with van der Waals surface area (Å²) in [5, 5.41) is 2.85. The van der Waals surface area contributed by atoms with Crippen LogP contribution in [0.3, 0.4) is 0 Å². The molecule has 0 heterocycles. The Morgan fingerprint density at radius 3 is 2.20 bits per heavy atom. The van der Waals surface area contributed by atoms with Crippen LogP contribution in [0.2, 0.25) is 0 Å². The minimum Gasteiger partial charge on any atom is -0.491 e. The summed E-state index contributed by atoms with van der Waals surface area (Å²) in [5.41, 5.74) is 1.37.